The molecule has 0 saturated heterocycles. The molecule has 4 heteroatoms. The fourth-order valence-electron chi connectivity index (χ4n) is 8.84. The van der Waals surface area contributed by atoms with Gasteiger partial charge in [0.05, 0.1) is 11.6 Å². The van der Waals surface area contributed by atoms with Crippen molar-refractivity contribution in [2.24, 2.45) is 0 Å². The predicted molar refractivity (Wildman–Crippen MR) is 254 cm³/mol. The molecule has 290 valence electrons. The van der Waals surface area contributed by atoms with E-state index in [1.807, 2.05) is 12.1 Å². The minimum absolute atomic E-state index is 0.624. The first-order valence-electron chi connectivity index (χ1n) is 20.9. The third kappa shape index (κ3) is 6.54. The van der Waals surface area contributed by atoms with Crippen LogP contribution in [0.2, 0.25) is 0 Å². The smallest absolute Gasteiger partial charge is 0.164 e. The van der Waals surface area contributed by atoms with Crippen LogP contribution in [0, 0.1) is 25.2 Å². The van der Waals surface area contributed by atoms with Crippen molar-refractivity contribution in [1.29, 1.82) is 5.26 Å². The molecule has 0 saturated carbocycles. The van der Waals surface area contributed by atoms with Gasteiger partial charge in [0.2, 0.25) is 0 Å². The highest BCUT2D eigenvalue weighted by molar-refractivity contribution is 6.18. The van der Waals surface area contributed by atoms with Crippen molar-refractivity contribution in [3.63, 3.8) is 0 Å². The molecule has 4 nitrogen and oxygen atoms in total. The maximum atomic E-state index is 9.98. The van der Waals surface area contributed by atoms with Gasteiger partial charge < -0.3 is 0 Å². The number of aryl methyl sites for hydroxylation is 2. The number of nitrogens with zero attached hydrogens (tertiary/aromatic N) is 4. The number of aromatic nitrogens is 3. The van der Waals surface area contributed by atoms with Crippen molar-refractivity contribution in [3.8, 4) is 107 Å². The Labute approximate surface area is 361 Å². The van der Waals surface area contributed by atoms with E-state index in [2.05, 4.69) is 202 Å². The highest BCUT2D eigenvalue weighted by Crippen LogP contribution is 2.49. The molecule has 1 aliphatic carbocycles. The maximum absolute atomic E-state index is 9.98. The maximum Gasteiger partial charge on any atom is 0.164 e. The minimum atomic E-state index is 0.624. The Hall–Kier alpha value is -8.26. The first-order chi connectivity index (χ1) is 30.5. The molecule has 0 bridgehead atoms. The highest BCUT2D eigenvalue weighted by atomic mass is 15.0. The van der Waals surface area contributed by atoms with Crippen LogP contribution in [0.15, 0.2) is 194 Å². The van der Waals surface area contributed by atoms with Gasteiger partial charge in [-0.15, -0.1) is 0 Å². The molecule has 0 aliphatic heterocycles. The molecule has 0 radical (unpaired) electrons. The number of hydrogen-bond donors (Lipinski definition) is 0. The van der Waals surface area contributed by atoms with E-state index in [1.54, 1.807) is 0 Å². The Kier molecular flexibility index (Phi) is 8.95. The molecular formula is C58H38N4. The molecule has 10 aromatic rings. The van der Waals surface area contributed by atoms with Gasteiger partial charge in [-0.05, 0) is 110 Å². The second-order valence-corrected chi connectivity index (χ2v) is 16.1. The largest absolute Gasteiger partial charge is 0.208 e. The molecule has 1 aromatic heterocycles. The van der Waals surface area contributed by atoms with Gasteiger partial charge in [-0.25, -0.2) is 15.0 Å². The lowest BCUT2D eigenvalue weighted by atomic mass is 9.89. The molecule has 0 amide bonds. The fraction of sp³-hybridized carbons (Fsp3) is 0.0345. The van der Waals surface area contributed by atoms with Crippen LogP contribution in [-0.2, 0) is 0 Å². The summed E-state index contributed by atoms with van der Waals surface area (Å²) in [4.78, 5) is 14.8. The Morgan fingerprint density at radius 2 is 0.774 bits per heavy atom. The summed E-state index contributed by atoms with van der Waals surface area (Å²) in [5, 5.41) is 12.6. The third-order valence-electron chi connectivity index (χ3n) is 12.1. The first kappa shape index (κ1) is 36.8. The molecule has 1 aliphatic rings. The third-order valence-corrected chi connectivity index (χ3v) is 12.1. The summed E-state index contributed by atoms with van der Waals surface area (Å²) in [6.45, 7) is 4.16. The Morgan fingerprint density at radius 1 is 0.323 bits per heavy atom. The molecule has 0 atom stereocenters. The molecule has 0 N–H and O–H groups in total. The van der Waals surface area contributed by atoms with Gasteiger partial charge in [0.1, 0.15) is 0 Å². The summed E-state index contributed by atoms with van der Waals surface area (Å²) < 4.78 is 0. The van der Waals surface area contributed by atoms with Gasteiger partial charge in [-0.2, -0.15) is 5.26 Å². The Balaban J connectivity index is 0.920. The normalized spacial score (nSPS) is 11.4. The van der Waals surface area contributed by atoms with Crippen LogP contribution in [0.3, 0.4) is 0 Å². The van der Waals surface area contributed by atoms with Crippen molar-refractivity contribution in [1.82, 2.24) is 15.0 Å². The average molecular weight is 791 g/mol. The molecule has 9 aromatic carbocycles. The van der Waals surface area contributed by atoms with Crippen LogP contribution >= 0.6 is 0 Å². The van der Waals surface area contributed by atoms with Gasteiger partial charge in [0.25, 0.3) is 0 Å². The van der Waals surface area contributed by atoms with Gasteiger partial charge in [-0.3, -0.25) is 0 Å². The molecule has 0 spiro atoms. The fourth-order valence-corrected chi connectivity index (χ4v) is 8.84. The molecule has 11 rings (SSSR count). The Bertz CT molecular complexity index is 3300. The van der Waals surface area contributed by atoms with Gasteiger partial charge in [0.15, 0.2) is 17.5 Å². The lowest BCUT2D eigenvalue weighted by Gasteiger charge is -2.14. The van der Waals surface area contributed by atoms with E-state index < -0.39 is 0 Å². The van der Waals surface area contributed by atoms with E-state index in [1.165, 1.54) is 49.7 Å². The summed E-state index contributed by atoms with van der Waals surface area (Å²) in [6.07, 6.45) is 0. The van der Waals surface area contributed by atoms with Crippen LogP contribution in [0.25, 0.3) is 112 Å². The van der Waals surface area contributed by atoms with E-state index in [4.69, 9.17) is 15.0 Å². The van der Waals surface area contributed by atoms with Crippen LogP contribution in [0.4, 0.5) is 0 Å². The summed E-state index contributed by atoms with van der Waals surface area (Å²) >= 11 is 0. The van der Waals surface area contributed by atoms with E-state index in [0.29, 0.717) is 23.0 Å². The van der Waals surface area contributed by atoms with Crippen LogP contribution < -0.4 is 0 Å². The zero-order chi connectivity index (χ0) is 41.7. The van der Waals surface area contributed by atoms with Gasteiger partial charge >= 0.3 is 0 Å². The summed E-state index contributed by atoms with van der Waals surface area (Å²) in [5.41, 5.74) is 19.7. The number of fused-ring (bicyclic) bond motifs is 3. The minimum Gasteiger partial charge on any atom is -0.208 e. The van der Waals surface area contributed by atoms with Crippen LogP contribution in [-0.4, -0.2) is 15.0 Å². The van der Waals surface area contributed by atoms with Crippen LogP contribution in [0.1, 0.15) is 16.7 Å². The second kappa shape index (κ2) is 15.1. The van der Waals surface area contributed by atoms with Crippen LogP contribution in [0.5, 0.6) is 0 Å². The lowest BCUT2D eigenvalue weighted by Crippen LogP contribution is -2.00. The van der Waals surface area contributed by atoms with Crippen molar-refractivity contribution in [2.45, 2.75) is 13.8 Å². The zero-order valence-corrected chi connectivity index (χ0v) is 34.3. The topological polar surface area (TPSA) is 62.5 Å². The van der Waals surface area contributed by atoms with Gasteiger partial charge in [0, 0.05) is 16.7 Å². The van der Waals surface area contributed by atoms with Crippen molar-refractivity contribution >= 4 is 10.8 Å². The Morgan fingerprint density at radius 3 is 1.37 bits per heavy atom. The number of benzene rings is 9. The van der Waals surface area contributed by atoms with Crippen molar-refractivity contribution in [3.05, 3.63) is 211 Å². The predicted octanol–water partition coefficient (Wildman–Crippen LogP) is 14.8. The van der Waals surface area contributed by atoms with E-state index >= 15 is 0 Å². The van der Waals surface area contributed by atoms with Crippen molar-refractivity contribution in [2.75, 3.05) is 0 Å². The SMILES string of the molecule is Cc1ccc(-c2nc(-c3ccc(C)cc3)nc(-c3ccc(-c4cccc(-c5ccc(C#N)cc5-c5ccc(-c6ccc7c8c(cccc68)-c6ccccc6-7)cc5)c4)cc3)n2)cc1. The highest BCUT2D eigenvalue weighted by Gasteiger charge is 2.22. The molecule has 62 heavy (non-hydrogen) atoms. The number of hydrogen-bond acceptors (Lipinski definition) is 4. The van der Waals surface area contributed by atoms with E-state index in [9.17, 15) is 5.26 Å². The second-order valence-electron chi connectivity index (χ2n) is 16.1. The van der Waals surface area contributed by atoms with Crippen molar-refractivity contribution < 1.29 is 0 Å². The number of rotatable bonds is 7. The molecule has 1 heterocycles. The first-order valence-corrected chi connectivity index (χ1v) is 20.9. The van der Waals surface area contributed by atoms with E-state index in [0.717, 1.165) is 55.6 Å². The molecule has 0 fully saturated rings. The number of nitriles is 1. The average Bonchev–Trinajstić information content (AvgIpc) is 3.66. The standard InChI is InChI=1S/C58H38N4/c1-36-13-18-42(19-14-36)56-60-57(43-20-15-37(2)16-21-43)62-58(61-56)44-28-22-39(23-29-44)45-7-5-8-46(34-45)48-30-17-38(35-59)33-54(48)41-26-24-40(25-27-41)47-31-32-53-50-10-4-3-9-49(50)52-12-6-11-51(47)55(52)53/h3-34H,1-2H3. The molecule has 0 unspecified atom stereocenters. The quantitative estimate of drug-likeness (QED) is 0.161. The van der Waals surface area contributed by atoms with E-state index in [-0.39, 0.29) is 0 Å². The molecular weight excluding hydrogens is 753 g/mol. The summed E-state index contributed by atoms with van der Waals surface area (Å²) in [7, 11) is 0. The zero-order valence-electron chi connectivity index (χ0n) is 34.3. The summed E-state index contributed by atoms with van der Waals surface area (Å²) in [5.74, 6) is 1.91. The summed E-state index contributed by atoms with van der Waals surface area (Å²) in [6, 6.07) is 70.6. The van der Waals surface area contributed by atoms with Gasteiger partial charge in [-0.1, -0.05) is 187 Å². The monoisotopic (exact) mass is 790 g/mol. The lowest BCUT2D eigenvalue weighted by molar-refractivity contribution is 1.07.